The van der Waals surface area contributed by atoms with Crippen molar-refractivity contribution in [3.8, 4) is 89.8 Å². The van der Waals surface area contributed by atoms with E-state index in [0.29, 0.717) is 31.1 Å². The van der Waals surface area contributed by atoms with Gasteiger partial charge in [0.15, 0.2) is 0 Å². The Balaban J connectivity index is 0.000000437. The summed E-state index contributed by atoms with van der Waals surface area (Å²) >= 11 is 0. The third-order valence-electron chi connectivity index (χ3n) is 12.0. The quantitative estimate of drug-likeness (QED) is 0.0946. The molecule has 0 fully saturated rings. The van der Waals surface area contributed by atoms with E-state index in [4.69, 9.17) is 9.47 Å². The monoisotopic (exact) mass is 1020 g/mol. The van der Waals surface area contributed by atoms with Gasteiger partial charge in [0.1, 0.15) is 23.0 Å². The summed E-state index contributed by atoms with van der Waals surface area (Å²) in [5.74, 6) is 1.81. The first-order valence-corrected chi connectivity index (χ1v) is 23.9. The third kappa shape index (κ3) is 13.3. The molecule has 2 N–H and O–H groups in total. The molecule has 0 atom stereocenters. The SMILES string of the molecule is Cc1cc(-c2ccccc2OCCCOc2ccccc2-c2cc(C)cc(-c3ccccc3-c3ccccc3)c2O)c(O)c(-c2ccccc2-c2ccccc2)c1.[CH2-]c1ccccc1.[CH2-]c1ccccc1.[Zr+2]. The van der Waals surface area contributed by atoms with E-state index >= 15 is 0 Å². The number of ether oxygens (including phenoxy) is 2. The van der Waals surface area contributed by atoms with E-state index in [1.165, 1.54) is 0 Å². The van der Waals surface area contributed by atoms with Gasteiger partial charge in [-0.2, -0.15) is 49.2 Å². The van der Waals surface area contributed by atoms with E-state index < -0.39 is 0 Å². The van der Waals surface area contributed by atoms with Crippen molar-refractivity contribution in [2.24, 2.45) is 0 Å². The molecule has 0 amide bonds. The Kier molecular flexibility index (Phi) is 18.6. The number of hydrogen-bond donors (Lipinski definition) is 2. The van der Waals surface area contributed by atoms with Crippen molar-refractivity contribution in [1.29, 1.82) is 0 Å². The van der Waals surface area contributed by atoms with Crippen LogP contribution in [0.1, 0.15) is 28.7 Å². The summed E-state index contributed by atoms with van der Waals surface area (Å²) in [6.45, 7) is 12.4. The van der Waals surface area contributed by atoms with Crippen molar-refractivity contribution in [2.75, 3.05) is 13.2 Å². The van der Waals surface area contributed by atoms with E-state index in [1.54, 1.807) is 0 Å². The normalized spacial score (nSPS) is 10.4. The Bertz CT molecular complexity index is 3060. The largest absolute Gasteiger partial charge is 2.00 e. The molecule has 10 aromatic carbocycles. The number of phenols is 2. The van der Waals surface area contributed by atoms with Gasteiger partial charge in [-0.3, -0.25) is 0 Å². The van der Waals surface area contributed by atoms with Crippen LogP contribution >= 0.6 is 0 Å². The third-order valence-corrected chi connectivity index (χ3v) is 12.0. The molecule has 10 aromatic rings. The molecule has 0 aromatic heterocycles. The summed E-state index contributed by atoms with van der Waals surface area (Å²) in [7, 11) is 0. The van der Waals surface area contributed by atoms with Crippen LogP contribution in [0.25, 0.3) is 66.8 Å². The van der Waals surface area contributed by atoms with Gasteiger partial charge < -0.3 is 19.7 Å². The predicted octanol–water partition coefficient (Wildman–Crippen LogP) is 17.3. The van der Waals surface area contributed by atoms with Gasteiger partial charge in [-0.05, 0) is 94.8 Å². The molecule has 72 heavy (non-hydrogen) atoms. The number of benzene rings is 10. The average Bonchev–Trinajstić information content (AvgIpc) is 3.41. The molecule has 5 heteroatoms. The first kappa shape index (κ1) is 51.9. The molecule has 10 rings (SSSR count). The summed E-state index contributed by atoms with van der Waals surface area (Å²) in [6.07, 6.45) is 0.619. The average molecular weight is 1020 g/mol. The molecule has 0 aliphatic heterocycles. The fourth-order valence-corrected chi connectivity index (χ4v) is 8.56. The van der Waals surface area contributed by atoms with E-state index in [-0.39, 0.29) is 37.7 Å². The minimum atomic E-state index is 0. The minimum absolute atomic E-state index is 0. The van der Waals surface area contributed by atoms with Crippen LogP contribution in [0.15, 0.2) is 243 Å². The molecule has 0 heterocycles. The van der Waals surface area contributed by atoms with Gasteiger partial charge in [-0.25, -0.2) is 0 Å². The fourth-order valence-electron chi connectivity index (χ4n) is 8.56. The van der Waals surface area contributed by atoms with Crippen LogP contribution in [0.2, 0.25) is 0 Å². The van der Waals surface area contributed by atoms with Gasteiger partial charge in [-0.15, -0.1) is 24.3 Å². The summed E-state index contributed by atoms with van der Waals surface area (Å²) in [6, 6.07) is 80.4. The second-order valence-corrected chi connectivity index (χ2v) is 17.3. The predicted molar refractivity (Wildman–Crippen MR) is 296 cm³/mol. The molecule has 4 nitrogen and oxygen atoms in total. The van der Waals surface area contributed by atoms with Crippen LogP contribution in [-0.4, -0.2) is 23.4 Å². The van der Waals surface area contributed by atoms with E-state index in [9.17, 15) is 10.2 Å². The summed E-state index contributed by atoms with van der Waals surface area (Å²) < 4.78 is 12.8. The van der Waals surface area contributed by atoms with Crippen LogP contribution in [0.4, 0.5) is 0 Å². The van der Waals surface area contributed by atoms with Gasteiger partial charge in [0.05, 0.1) is 13.2 Å². The van der Waals surface area contributed by atoms with Gasteiger partial charge >= 0.3 is 26.2 Å². The van der Waals surface area contributed by atoms with Crippen molar-refractivity contribution in [3.05, 3.63) is 279 Å². The smallest absolute Gasteiger partial charge is 0.507 e. The van der Waals surface area contributed by atoms with Crippen LogP contribution in [0.5, 0.6) is 23.0 Å². The number of aromatic hydroxyl groups is 2. The zero-order chi connectivity index (χ0) is 49.4. The maximum Gasteiger partial charge on any atom is 2.00 e. The fraction of sp³-hybridized carbons (Fsp3) is 0.0746. The number of hydrogen-bond acceptors (Lipinski definition) is 4. The molecule has 0 bridgehead atoms. The van der Waals surface area contributed by atoms with Crippen LogP contribution in [0.3, 0.4) is 0 Å². The second-order valence-electron chi connectivity index (χ2n) is 17.3. The molecule has 0 saturated carbocycles. The first-order chi connectivity index (χ1) is 34.7. The molecule has 0 aliphatic rings. The number of rotatable bonds is 12. The topological polar surface area (TPSA) is 58.9 Å². The minimum Gasteiger partial charge on any atom is -0.507 e. The van der Waals surface area contributed by atoms with Crippen molar-refractivity contribution in [3.63, 3.8) is 0 Å². The Labute approximate surface area is 445 Å². The zero-order valence-electron chi connectivity index (χ0n) is 40.8. The van der Waals surface area contributed by atoms with E-state index in [0.717, 1.165) is 89.0 Å². The van der Waals surface area contributed by atoms with E-state index in [2.05, 4.69) is 76.2 Å². The Morgan fingerprint density at radius 2 is 0.583 bits per heavy atom. The molecular formula is C67H58O4Zr. The van der Waals surface area contributed by atoms with Crippen molar-refractivity contribution in [1.82, 2.24) is 0 Å². The maximum atomic E-state index is 11.9. The van der Waals surface area contributed by atoms with Crippen LogP contribution in [-0.2, 0) is 26.2 Å². The molecule has 0 unspecified atom stereocenters. The van der Waals surface area contributed by atoms with Gasteiger partial charge in [0.2, 0.25) is 0 Å². The van der Waals surface area contributed by atoms with Crippen molar-refractivity contribution in [2.45, 2.75) is 20.3 Å². The molecule has 0 saturated heterocycles. The standard InChI is InChI=1S/C53H44O4.2C7H7.Zr/c1-36-32-46(42-24-11-9-22-40(42)38-18-5-3-6-19-38)52(54)48(34-36)44-26-13-15-28-50(44)56-30-17-31-57-51-29-16-14-27-45(51)49-35-37(2)33-47(53(49)55)43-25-12-10-23-41(43)39-20-7-4-8-21-39;2*1-7-5-3-2-4-6-7;/h3-16,18-29,32-35,54-55H,17,30-31H2,1-2H3;2*2-6H,1H2;/q;2*-1;+2. The Morgan fingerprint density at radius 1 is 0.319 bits per heavy atom. The van der Waals surface area contributed by atoms with Gasteiger partial charge in [-0.1, -0.05) is 158 Å². The van der Waals surface area contributed by atoms with Crippen LogP contribution in [0, 0.1) is 27.7 Å². The Morgan fingerprint density at radius 3 is 0.903 bits per heavy atom. The second kappa shape index (κ2) is 25.8. The summed E-state index contributed by atoms with van der Waals surface area (Å²) in [4.78, 5) is 0. The van der Waals surface area contributed by atoms with Crippen molar-refractivity contribution < 1.29 is 45.9 Å². The van der Waals surface area contributed by atoms with Gasteiger partial charge in [0.25, 0.3) is 0 Å². The van der Waals surface area contributed by atoms with Crippen molar-refractivity contribution >= 4 is 0 Å². The summed E-state index contributed by atoms with van der Waals surface area (Å²) in [5.41, 5.74) is 15.1. The first-order valence-electron chi connectivity index (χ1n) is 23.9. The molecular weight excluding hydrogens is 960 g/mol. The maximum absolute atomic E-state index is 11.9. The molecule has 0 aliphatic carbocycles. The number of para-hydroxylation sites is 2. The molecule has 354 valence electrons. The Hall–Kier alpha value is -7.98. The summed E-state index contributed by atoms with van der Waals surface area (Å²) in [5, 5.41) is 23.7. The number of phenolic OH excluding ortho intramolecular Hbond substituents is 2. The van der Waals surface area contributed by atoms with E-state index in [1.807, 2.05) is 194 Å². The van der Waals surface area contributed by atoms with Gasteiger partial charge in [0, 0.05) is 39.8 Å². The molecule has 0 spiro atoms. The zero-order valence-corrected chi connectivity index (χ0v) is 43.3. The number of aryl methyl sites for hydroxylation is 2. The molecule has 0 radical (unpaired) electrons. The van der Waals surface area contributed by atoms with Crippen LogP contribution < -0.4 is 9.47 Å².